The van der Waals surface area contributed by atoms with Crippen molar-refractivity contribution in [3.8, 4) is 11.3 Å². The summed E-state index contributed by atoms with van der Waals surface area (Å²) in [7, 11) is 0. The molecule has 1 amide bonds. The molecule has 7 nitrogen and oxygen atoms in total. The lowest BCUT2D eigenvalue weighted by molar-refractivity contribution is 0.0696. The Kier molecular flexibility index (Phi) is 6.14. The number of nitrogens with one attached hydrogen (secondary N) is 1. The lowest BCUT2D eigenvalue weighted by Crippen LogP contribution is -2.23. The summed E-state index contributed by atoms with van der Waals surface area (Å²) in [6.07, 6.45) is 7.23. The van der Waals surface area contributed by atoms with Crippen molar-refractivity contribution in [3.63, 3.8) is 0 Å². The number of aliphatic imine (C=N–C) groups is 1. The van der Waals surface area contributed by atoms with Gasteiger partial charge in [0.15, 0.2) is 0 Å². The molecule has 0 spiro atoms. The molecule has 4 aromatic rings. The SMILES string of the molecule is O=C(O)c1ccc(-c2ccc(C=Nc3sc4c(c3C(=O)NCc3ccco3)CCCC4)o2)cc1. The fourth-order valence-electron chi connectivity index (χ4n) is 4.02. The Morgan fingerprint density at radius 1 is 1.09 bits per heavy atom. The molecule has 172 valence electrons. The van der Waals surface area contributed by atoms with E-state index >= 15 is 0 Å². The third-order valence-electron chi connectivity index (χ3n) is 5.74. The van der Waals surface area contributed by atoms with Crippen LogP contribution in [0.5, 0.6) is 0 Å². The molecular weight excluding hydrogens is 452 g/mol. The van der Waals surface area contributed by atoms with Crippen molar-refractivity contribution in [2.75, 3.05) is 0 Å². The smallest absolute Gasteiger partial charge is 0.335 e. The highest BCUT2D eigenvalue weighted by atomic mass is 32.1. The molecule has 2 N–H and O–H groups in total. The molecule has 0 aliphatic heterocycles. The van der Waals surface area contributed by atoms with Gasteiger partial charge in [-0.2, -0.15) is 0 Å². The van der Waals surface area contributed by atoms with Gasteiger partial charge in [-0.15, -0.1) is 11.3 Å². The fourth-order valence-corrected chi connectivity index (χ4v) is 5.25. The van der Waals surface area contributed by atoms with Crippen LogP contribution in [0.2, 0.25) is 0 Å². The molecule has 0 bridgehead atoms. The van der Waals surface area contributed by atoms with Gasteiger partial charge in [0, 0.05) is 10.4 Å². The Morgan fingerprint density at radius 3 is 2.68 bits per heavy atom. The van der Waals surface area contributed by atoms with Crippen molar-refractivity contribution >= 4 is 34.4 Å². The van der Waals surface area contributed by atoms with Crippen LogP contribution in [0.1, 0.15) is 55.5 Å². The topological polar surface area (TPSA) is 105 Å². The van der Waals surface area contributed by atoms with Crippen LogP contribution in [0, 0.1) is 0 Å². The zero-order valence-electron chi connectivity index (χ0n) is 18.2. The van der Waals surface area contributed by atoms with E-state index in [4.69, 9.17) is 13.9 Å². The molecule has 8 heteroatoms. The lowest BCUT2D eigenvalue weighted by atomic mass is 9.95. The van der Waals surface area contributed by atoms with Crippen LogP contribution in [0.3, 0.4) is 0 Å². The number of carbonyl (C=O) groups is 2. The van der Waals surface area contributed by atoms with Crippen molar-refractivity contribution in [2.24, 2.45) is 4.99 Å². The molecule has 5 rings (SSSR count). The number of nitrogens with zero attached hydrogens (tertiary/aromatic N) is 1. The number of amides is 1. The molecule has 1 aliphatic rings. The fraction of sp³-hybridized carbons (Fsp3) is 0.192. The zero-order chi connectivity index (χ0) is 23.5. The summed E-state index contributed by atoms with van der Waals surface area (Å²) in [5, 5.41) is 12.7. The minimum atomic E-state index is -0.971. The normalized spacial score (nSPS) is 13.2. The van der Waals surface area contributed by atoms with Gasteiger partial charge in [-0.25, -0.2) is 9.79 Å². The Labute approximate surface area is 199 Å². The molecule has 3 heterocycles. The van der Waals surface area contributed by atoms with Gasteiger partial charge in [0.05, 0.1) is 30.1 Å². The highest BCUT2D eigenvalue weighted by molar-refractivity contribution is 7.16. The molecule has 0 unspecified atom stereocenters. The van der Waals surface area contributed by atoms with Gasteiger partial charge in [-0.3, -0.25) is 4.79 Å². The molecule has 0 atom stereocenters. The largest absolute Gasteiger partial charge is 0.478 e. The monoisotopic (exact) mass is 474 g/mol. The minimum absolute atomic E-state index is 0.151. The van der Waals surface area contributed by atoms with Crippen LogP contribution >= 0.6 is 11.3 Å². The van der Waals surface area contributed by atoms with E-state index in [9.17, 15) is 9.59 Å². The predicted octanol–water partition coefficient (Wildman–Crippen LogP) is 5.86. The maximum atomic E-state index is 13.1. The number of hydrogen-bond donors (Lipinski definition) is 2. The van der Waals surface area contributed by atoms with Crippen molar-refractivity contribution < 1.29 is 23.5 Å². The van der Waals surface area contributed by atoms with Crippen LogP contribution in [0.15, 0.2) is 68.6 Å². The maximum absolute atomic E-state index is 13.1. The average Bonchev–Trinajstić information content (AvgIpc) is 3.61. The van der Waals surface area contributed by atoms with E-state index in [1.165, 1.54) is 17.0 Å². The number of furan rings is 2. The standard InChI is InChI=1S/C26H22N2O5S/c29-24(27-14-18-4-3-13-32-18)23-20-5-1-2-6-22(20)34-25(23)28-15-19-11-12-21(33-19)16-7-9-17(10-8-16)26(30)31/h3-4,7-13,15H,1-2,5-6,14H2,(H,27,29)(H,30,31). The van der Waals surface area contributed by atoms with E-state index < -0.39 is 5.97 Å². The summed E-state index contributed by atoms with van der Waals surface area (Å²) in [4.78, 5) is 30.0. The van der Waals surface area contributed by atoms with Crippen LogP contribution in [0.4, 0.5) is 5.00 Å². The average molecular weight is 475 g/mol. The summed E-state index contributed by atoms with van der Waals surface area (Å²) >= 11 is 1.56. The molecule has 0 saturated carbocycles. The second-order valence-electron chi connectivity index (χ2n) is 8.00. The van der Waals surface area contributed by atoms with E-state index in [0.29, 0.717) is 34.4 Å². The van der Waals surface area contributed by atoms with Crippen LogP contribution in [-0.2, 0) is 19.4 Å². The van der Waals surface area contributed by atoms with Crippen molar-refractivity contribution in [2.45, 2.75) is 32.2 Å². The summed E-state index contributed by atoms with van der Waals surface area (Å²) in [5.41, 5.74) is 2.73. The number of carbonyl (C=O) groups excluding carboxylic acids is 1. The molecule has 34 heavy (non-hydrogen) atoms. The Balaban J connectivity index is 1.37. The van der Waals surface area contributed by atoms with Gasteiger partial charge >= 0.3 is 5.97 Å². The number of fused-ring (bicyclic) bond motifs is 1. The number of aryl methyl sites for hydroxylation is 1. The van der Waals surface area contributed by atoms with E-state index in [2.05, 4.69) is 10.3 Å². The van der Waals surface area contributed by atoms with Crippen molar-refractivity contribution in [3.05, 3.63) is 87.9 Å². The molecular formula is C26H22N2O5S. The number of rotatable bonds is 7. The zero-order valence-corrected chi connectivity index (χ0v) is 19.1. The Morgan fingerprint density at radius 2 is 1.91 bits per heavy atom. The van der Waals surface area contributed by atoms with Crippen LogP contribution < -0.4 is 5.32 Å². The second-order valence-corrected chi connectivity index (χ2v) is 9.08. The lowest BCUT2D eigenvalue weighted by Gasteiger charge is -2.12. The van der Waals surface area contributed by atoms with Crippen LogP contribution in [0.25, 0.3) is 11.3 Å². The highest BCUT2D eigenvalue weighted by Crippen LogP contribution is 2.40. The molecule has 0 radical (unpaired) electrons. The molecule has 1 aliphatic carbocycles. The van der Waals surface area contributed by atoms with Gasteiger partial charge < -0.3 is 19.3 Å². The first-order valence-corrected chi connectivity index (χ1v) is 11.8. The van der Waals surface area contributed by atoms with Crippen molar-refractivity contribution in [1.29, 1.82) is 0 Å². The summed E-state index contributed by atoms with van der Waals surface area (Å²) in [6.45, 7) is 0.321. The maximum Gasteiger partial charge on any atom is 0.335 e. The quantitative estimate of drug-likeness (QED) is 0.327. The van der Waals surface area contributed by atoms with Gasteiger partial charge in [-0.05, 0) is 67.6 Å². The second kappa shape index (κ2) is 9.52. The number of hydrogen-bond acceptors (Lipinski definition) is 6. The first kappa shape index (κ1) is 21.9. The van der Waals surface area contributed by atoms with Crippen LogP contribution in [-0.4, -0.2) is 23.2 Å². The minimum Gasteiger partial charge on any atom is -0.478 e. The summed E-state index contributed by atoms with van der Waals surface area (Å²) < 4.78 is 11.2. The van der Waals surface area contributed by atoms with Crippen molar-refractivity contribution in [1.82, 2.24) is 5.32 Å². The Hall–Kier alpha value is -3.91. The van der Waals surface area contributed by atoms with E-state index in [1.54, 1.807) is 48.1 Å². The molecule has 1 aromatic carbocycles. The highest BCUT2D eigenvalue weighted by Gasteiger charge is 2.25. The molecule has 0 fully saturated rings. The third-order valence-corrected chi connectivity index (χ3v) is 6.94. The number of thiophene rings is 1. The third kappa shape index (κ3) is 4.58. The van der Waals surface area contributed by atoms with E-state index in [0.717, 1.165) is 36.8 Å². The first-order chi connectivity index (χ1) is 16.6. The van der Waals surface area contributed by atoms with Gasteiger partial charge in [0.2, 0.25) is 0 Å². The predicted molar refractivity (Wildman–Crippen MR) is 129 cm³/mol. The summed E-state index contributed by atoms with van der Waals surface area (Å²) in [5.74, 6) is 0.732. The number of benzene rings is 1. The molecule has 0 saturated heterocycles. The van der Waals surface area contributed by atoms with Gasteiger partial charge in [0.25, 0.3) is 5.91 Å². The molecule has 3 aromatic heterocycles. The van der Waals surface area contributed by atoms with Gasteiger partial charge in [0.1, 0.15) is 22.3 Å². The van der Waals surface area contributed by atoms with E-state index in [1.807, 2.05) is 12.1 Å². The van der Waals surface area contributed by atoms with Gasteiger partial charge in [-0.1, -0.05) is 12.1 Å². The summed E-state index contributed by atoms with van der Waals surface area (Å²) in [6, 6.07) is 13.7. The number of carboxylic acid groups (broad SMARTS) is 1. The Bertz CT molecular complexity index is 1350. The van der Waals surface area contributed by atoms with E-state index in [-0.39, 0.29) is 11.5 Å². The number of carboxylic acids is 1. The number of aromatic carboxylic acids is 1. The first-order valence-electron chi connectivity index (χ1n) is 11.0.